The second-order valence-corrected chi connectivity index (χ2v) is 13.6. The van der Waals surface area contributed by atoms with Gasteiger partial charge in [0.1, 0.15) is 0 Å². The summed E-state index contributed by atoms with van der Waals surface area (Å²) >= 11 is 37.6. The Labute approximate surface area is 211 Å². The largest absolute Gasteiger partial charge is 0.250 e. The third-order valence-corrected chi connectivity index (χ3v) is 7.14. The van der Waals surface area contributed by atoms with E-state index < -0.39 is 7.59 Å². The summed E-state index contributed by atoms with van der Waals surface area (Å²) in [5.41, 5.74) is 0.715. The molecule has 2 aromatic rings. The minimum atomic E-state index is -1.87. The number of hydrogen-bond acceptors (Lipinski definition) is 4. The fourth-order valence-corrected chi connectivity index (χ4v) is 5.25. The summed E-state index contributed by atoms with van der Waals surface area (Å²) < 4.78 is -3.74. The van der Waals surface area contributed by atoms with Crippen molar-refractivity contribution in [3.8, 4) is 11.4 Å². The van der Waals surface area contributed by atoms with Crippen LogP contribution in [0.25, 0.3) is 11.4 Å². The number of rotatable bonds is 5. The number of alkyl halides is 6. The lowest BCUT2D eigenvalue weighted by atomic mass is 9.86. The quantitative estimate of drug-likeness (QED) is 0.277. The average Bonchev–Trinajstić information content (AvgIpc) is 2.67. The number of halogens is 6. The summed E-state index contributed by atoms with van der Waals surface area (Å²) in [7, 11) is 0. The molecule has 1 aliphatic carbocycles. The van der Waals surface area contributed by atoms with Crippen LogP contribution in [0.3, 0.4) is 0 Å². The molecule has 1 aromatic carbocycles. The van der Waals surface area contributed by atoms with E-state index in [9.17, 15) is 0 Å². The standard InChI is InChI=1S/C20H21Cl6N3S/c1-12(11-13-5-3-2-4-6-13)30-15-9-7-14(8-10-15)16-27-17(19(21,22)23)29-18(28-16)20(24,25)26/h7-10,12-13H,2-6,11H2,1H3. The van der Waals surface area contributed by atoms with Gasteiger partial charge in [-0.25, -0.2) is 15.0 Å². The van der Waals surface area contributed by atoms with Crippen molar-refractivity contribution in [3.63, 3.8) is 0 Å². The Hall–Kier alpha value is 0.320. The molecule has 0 saturated heterocycles. The Balaban J connectivity index is 1.76. The van der Waals surface area contributed by atoms with Crippen LogP contribution >= 0.6 is 81.4 Å². The Kier molecular flexibility index (Phi) is 8.73. The van der Waals surface area contributed by atoms with Crippen LogP contribution in [0.4, 0.5) is 0 Å². The Bertz CT molecular complexity index is 813. The molecule has 1 saturated carbocycles. The predicted molar refractivity (Wildman–Crippen MR) is 130 cm³/mol. The first-order valence-electron chi connectivity index (χ1n) is 9.70. The van der Waals surface area contributed by atoms with Gasteiger partial charge >= 0.3 is 0 Å². The predicted octanol–water partition coefficient (Wildman–Crippen LogP) is 8.64. The van der Waals surface area contributed by atoms with Gasteiger partial charge in [0.25, 0.3) is 0 Å². The van der Waals surface area contributed by atoms with Crippen molar-refractivity contribution < 1.29 is 0 Å². The Morgan fingerprint density at radius 1 is 0.867 bits per heavy atom. The van der Waals surface area contributed by atoms with Gasteiger partial charge in [0.05, 0.1) is 0 Å². The molecular formula is C20H21Cl6N3S. The first-order chi connectivity index (χ1) is 14.0. The zero-order chi connectivity index (χ0) is 21.9. The molecule has 10 heteroatoms. The lowest BCUT2D eigenvalue weighted by Gasteiger charge is -2.24. The summed E-state index contributed by atoms with van der Waals surface area (Å²) in [6.45, 7) is 2.29. The molecule has 0 radical (unpaired) electrons. The lowest BCUT2D eigenvalue weighted by Crippen LogP contribution is -2.16. The van der Waals surface area contributed by atoms with Crippen molar-refractivity contribution >= 4 is 81.4 Å². The van der Waals surface area contributed by atoms with Crippen LogP contribution in [-0.4, -0.2) is 20.2 Å². The van der Waals surface area contributed by atoms with Gasteiger partial charge in [-0.2, -0.15) is 0 Å². The maximum atomic E-state index is 5.95. The summed E-state index contributed by atoms with van der Waals surface area (Å²) in [4.78, 5) is 13.7. The SMILES string of the molecule is CC(CC1CCCCC1)Sc1ccc(-c2nc(C(Cl)(Cl)Cl)nc(C(Cl)(Cl)Cl)n2)cc1. The number of thioether (sulfide) groups is 1. The molecule has 30 heavy (non-hydrogen) atoms. The van der Waals surface area contributed by atoms with E-state index in [0.717, 1.165) is 5.92 Å². The minimum absolute atomic E-state index is 0.0987. The van der Waals surface area contributed by atoms with E-state index in [-0.39, 0.29) is 17.5 Å². The highest BCUT2D eigenvalue weighted by molar-refractivity contribution is 7.99. The van der Waals surface area contributed by atoms with Crippen LogP contribution in [-0.2, 0) is 7.59 Å². The fourth-order valence-electron chi connectivity index (χ4n) is 3.61. The van der Waals surface area contributed by atoms with Gasteiger partial charge in [0.2, 0.25) is 7.59 Å². The second-order valence-electron chi connectivity index (χ2n) is 7.49. The third-order valence-electron chi connectivity index (χ3n) is 4.98. The van der Waals surface area contributed by atoms with Crippen molar-refractivity contribution in [1.29, 1.82) is 0 Å². The molecule has 0 N–H and O–H groups in total. The highest BCUT2D eigenvalue weighted by Gasteiger charge is 2.34. The van der Waals surface area contributed by atoms with Crippen LogP contribution in [0, 0.1) is 5.92 Å². The molecule has 1 fully saturated rings. The molecule has 3 nitrogen and oxygen atoms in total. The van der Waals surface area contributed by atoms with E-state index in [2.05, 4.69) is 21.9 Å². The fraction of sp³-hybridized carbons (Fsp3) is 0.550. The van der Waals surface area contributed by atoms with Gasteiger partial charge in [-0.15, -0.1) is 11.8 Å². The number of hydrogen-bond donors (Lipinski definition) is 0. The summed E-state index contributed by atoms with van der Waals surface area (Å²) in [6.07, 6.45) is 8.10. The summed E-state index contributed by atoms with van der Waals surface area (Å²) in [5.74, 6) is 0.933. The molecule has 1 aliphatic rings. The molecule has 3 rings (SSSR count). The number of aromatic nitrogens is 3. The maximum absolute atomic E-state index is 5.95. The van der Waals surface area contributed by atoms with E-state index >= 15 is 0 Å². The minimum Gasteiger partial charge on any atom is -0.209 e. The van der Waals surface area contributed by atoms with Crippen LogP contribution in [0.2, 0.25) is 0 Å². The van der Waals surface area contributed by atoms with Crippen LogP contribution in [0.1, 0.15) is 57.1 Å². The monoisotopic (exact) mass is 545 g/mol. The molecule has 0 spiro atoms. The second kappa shape index (κ2) is 10.5. The van der Waals surface area contributed by atoms with Crippen molar-refractivity contribution in [2.75, 3.05) is 0 Å². The Morgan fingerprint density at radius 3 is 1.90 bits per heavy atom. The highest BCUT2D eigenvalue weighted by atomic mass is 35.6. The van der Waals surface area contributed by atoms with Crippen LogP contribution in [0.5, 0.6) is 0 Å². The topological polar surface area (TPSA) is 38.7 Å². The van der Waals surface area contributed by atoms with Crippen molar-refractivity contribution in [1.82, 2.24) is 15.0 Å². The molecular weight excluding hydrogens is 527 g/mol. The van der Waals surface area contributed by atoms with Crippen molar-refractivity contribution in [3.05, 3.63) is 35.9 Å². The molecule has 1 aromatic heterocycles. The smallest absolute Gasteiger partial charge is 0.209 e. The third kappa shape index (κ3) is 7.16. The van der Waals surface area contributed by atoms with Crippen LogP contribution in [0.15, 0.2) is 29.2 Å². The molecule has 0 bridgehead atoms. The van der Waals surface area contributed by atoms with Crippen molar-refractivity contribution in [2.24, 2.45) is 5.92 Å². The lowest BCUT2D eigenvalue weighted by molar-refractivity contribution is 0.339. The van der Waals surface area contributed by atoms with E-state index in [1.807, 2.05) is 36.0 Å². The van der Waals surface area contributed by atoms with E-state index in [1.54, 1.807) is 0 Å². The first kappa shape index (κ1) is 25.0. The van der Waals surface area contributed by atoms with Crippen LogP contribution < -0.4 is 0 Å². The van der Waals surface area contributed by atoms with E-state index in [4.69, 9.17) is 69.6 Å². The molecule has 1 unspecified atom stereocenters. The first-order valence-corrected chi connectivity index (χ1v) is 12.8. The molecule has 164 valence electrons. The zero-order valence-corrected chi connectivity index (χ0v) is 21.6. The van der Waals surface area contributed by atoms with Crippen molar-refractivity contribution in [2.45, 2.75) is 63.2 Å². The van der Waals surface area contributed by atoms with E-state index in [0.29, 0.717) is 10.8 Å². The zero-order valence-electron chi connectivity index (χ0n) is 16.2. The Morgan fingerprint density at radius 2 is 1.40 bits per heavy atom. The summed E-state index contributed by atoms with van der Waals surface area (Å²) in [6, 6.07) is 7.89. The summed E-state index contributed by atoms with van der Waals surface area (Å²) in [5, 5.41) is 0.558. The maximum Gasteiger partial charge on any atom is 0.250 e. The van der Waals surface area contributed by atoms with Gasteiger partial charge in [-0.1, -0.05) is 121 Å². The molecule has 0 aliphatic heterocycles. The average molecular weight is 548 g/mol. The number of benzene rings is 1. The van der Waals surface area contributed by atoms with Gasteiger partial charge in [0.15, 0.2) is 17.5 Å². The van der Waals surface area contributed by atoms with Gasteiger partial charge in [-0.05, 0) is 24.5 Å². The molecule has 1 atom stereocenters. The van der Waals surface area contributed by atoms with Gasteiger partial charge < -0.3 is 0 Å². The van der Waals surface area contributed by atoms with E-state index in [1.165, 1.54) is 43.4 Å². The normalized spacial score (nSPS) is 17.2. The van der Waals surface area contributed by atoms with Gasteiger partial charge in [-0.3, -0.25) is 0 Å². The molecule has 0 amide bonds. The van der Waals surface area contributed by atoms with Gasteiger partial charge in [0, 0.05) is 15.7 Å². The highest BCUT2D eigenvalue weighted by Crippen LogP contribution is 2.41. The number of nitrogens with zero attached hydrogens (tertiary/aromatic N) is 3. The molecule has 1 heterocycles.